The number of hydrogen-bond donors (Lipinski definition) is 7. The van der Waals surface area contributed by atoms with Crippen molar-refractivity contribution in [1.82, 2.24) is 10.2 Å². The summed E-state index contributed by atoms with van der Waals surface area (Å²) in [5, 5.41) is 60.0. The van der Waals surface area contributed by atoms with Crippen LogP contribution in [0, 0.1) is 23.2 Å². The molecule has 2 aromatic carbocycles. The first-order valence-electron chi connectivity index (χ1n) is 14.4. The van der Waals surface area contributed by atoms with Crippen LogP contribution in [0.2, 0.25) is 0 Å². The first kappa shape index (κ1) is 32.0. The van der Waals surface area contributed by atoms with Gasteiger partial charge in [-0.25, -0.2) is 4.79 Å². The Hall–Kier alpha value is -5.39. The second-order valence-corrected chi connectivity index (χ2v) is 12.1. The van der Waals surface area contributed by atoms with Crippen molar-refractivity contribution in [2.24, 2.45) is 17.6 Å². The van der Waals surface area contributed by atoms with E-state index in [1.165, 1.54) is 25.1 Å². The largest absolute Gasteiger partial charge is 0.508 e. The summed E-state index contributed by atoms with van der Waals surface area (Å²) in [5.74, 6) is -7.58. The van der Waals surface area contributed by atoms with E-state index in [0.717, 1.165) is 5.56 Å². The van der Waals surface area contributed by atoms with Crippen molar-refractivity contribution in [3.8, 4) is 11.8 Å². The molecule has 3 amide bonds. The van der Waals surface area contributed by atoms with Gasteiger partial charge < -0.3 is 41.7 Å². The molecule has 14 heteroatoms. The Morgan fingerprint density at radius 2 is 1.76 bits per heavy atom. The van der Waals surface area contributed by atoms with E-state index in [9.17, 15) is 39.6 Å². The lowest BCUT2D eigenvalue weighted by atomic mass is 9.57. The van der Waals surface area contributed by atoms with Crippen molar-refractivity contribution in [2.45, 2.75) is 31.0 Å². The van der Waals surface area contributed by atoms with Gasteiger partial charge in [-0.05, 0) is 62.2 Å². The Balaban J connectivity index is 1.56. The molecular weight excluding hydrogens is 596 g/mol. The number of phenolic OH excluding ortho intramolecular Hbond substituents is 1. The van der Waals surface area contributed by atoms with E-state index in [-0.39, 0.29) is 36.2 Å². The number of amides is 3. The smallest absolute Gasteiger partial charge is 0.319 e. The molecule has 0 spiro atoms. The number of nitrogens with two attached hydrogens (primary N) is 1. The van der Waals surface area contributed by atoms with Gasteiger partial charge in [-0.2, -0.15) is 5.26 Å². The molecule has 46 heavy (non-hydrogen) atoms. The number of nitrogens with one attached hydrogen (secondary N) is 2. The minimum atomic E-state index is -2.76. The maximum Gasteiger partial charge on any atom is 0.319 e. The van der Waals surface area contributed by atoms with Crippen LogP contribution in [0.15, 0.2) is 47.2 Å². The van der Waals surface area contributed by atoms with Gasteiger partial charge in [-0.15, -0.1) is 0 Å². The monoisotopic (exact) mass is 630 g/mol. The zero-order chi connectivity index (χ0) is 33.8. The van der Waals surface area contributed by atoms with E-state index in [0.29, 0.717) is 16.8 Å². The van der Waals surface area contributed by atoms with E-state index >= 15 is 0 Å². The fourth-order valence-corrected chi connectivity index (χ4v) is 6.83. The van der Waals surface area contributed by atoms with Crippen molar-refractivity contribution < 1.29 is 39.6 Å². The molecule has 2 aromatic rings. The van der Waals surface area contributed by atoms with Crippen molar-refractivity contribution in [1.29, 1.82) is 5.26 Å². The van der Waals surface area contributed by atoms with Gasteiger partial charge in [0, 0.05) is 37.8 Å². The summed E-state index contributed by atoms with van der Waals surface area (Å²) in [6, 6.07) is 8.25. The van der Waals surface area contributed by atoms with Crippen LogP contribution < -0.4 is 21.3 Å². The summed E-state index contributed by atoms with van der Waals surface area (Å²) in [7, 11) is 6.51. The number of phenols is 1. The molecule has 0 saturated heterocycles. The number of nitrogens with zero attached hydrogens (tertiary/aromatic N) is 3. The Morgan fingerprint density at radius 1 is 1.11 bits per heavy atom. The number of fused-ring (bicyclic) bond motifs is 3. The van der Waals surface area contributed by atoms with Crippen LogP contribution in [0.5, 0.6) is 5.75 Å². The number of likely N-dealkylation sites (N-methyl/N-ethyl adjacent to an activating group) is 1. The van der Waals surface area contributed by atoms with Crippen molar-refractivity contribution in [2.75, 3.05) is 38.4 Å². The van der Waals surface area contributed by atoms with Gasteiger partial charge in [0.05, 0.1) is 28.9 Å². The Morgan fingerprint density at radius 3 is 2.33 bits per heavy atom. The summed E-state index contributed by atoms with van der Waals surface area (Å²) >= 11 is 0. The van der Waals surface area contributed by atoms with Gasteiger partial charge in [0.15, 0.2) is 17.1 Å². The van der Waals surface area contributed by atoms with Crippen LogP contribution in [0.3, 0.4) is 0 Å². The van der Waals surface area contributed by atoms with Crippen molar-refractivity contribution in [3.63, 3.8) is 0 Å². The minimum absolute atomic E-state index is 0.0445. The third-order valence-corrected chi connectivity index (χ3v) is 8.96. The number of rotatable bonds is 6. The number of benzene rings is 2. The number of hydrogen-bond acceptors (Lipinski definition) is 11. The van der Waals surface area contributed by atoms with Crippen LogP contribution in [0.25, 0.3) is 5.76 Å². The average molecular weight is 631 g/mol. The zero-order valence-corrected chi connectivity index (χ0v) is 25.6. The van der Waals surface area contributed by atoms with E-state index in [4.69, 9.17) is 11.0 Å². The lowest BCUT2D eigenvalue weighted by Gasteiger charge is -2.50. The molecule has 1 fully saturated rings. The molecule has 3 aliphatic rings. The van der Waals surface area contributed by atoms with Crippen LogP contribution in [-0.4, -0.2) is 88.7 Å². The molecule has 240 valence electrons. The SMILES string of the molecule is CN(C)c1cc(NC(=O)NCc2ccc(C#N)cc2)c(O)c2c1C[C@H]1C[C@H]3[C@H](N(C)C)C(=O)C(C(N)=O)=C(O)[C@@]3(O)C(=O)C1=C2O. The number of Topliss-reactive ketones (excluding diaryl/α,β-unsaturated/α-hetero) is 2. The third kappa shape index (κ3) is 4.90. The van der Waals surface area contributed by atoms with Crippen LogP contribution in [-0.2, 0) is 27.3 Å². The molecule has 0 unspecified atom stereocenters. The fraction of sp³-hybridized carbons (Fsp3) is 0.344. The number of carbonyl (C=O) groups excluding carboxylic acids is 4. The molecule has 3 aliphatic carbocycles. The number of ketones is 2. The molecule has 0 aliphatic heterocycles. The summed E-state index contributed by atoms with van der Waals surface area (Å²) < 4.78 is 0. The lowest BCUT2D eigenvalue weighted by molar-refractivity contribution is -0.153. The van der Waals surface area contributed by atoms with Crippen molar-refractivity contribution in [3.05, 3.63) is 69.5 Å². The molecule has 0 radical (unpaired) electrons. The molecule has 8 N–H and O–H groups in total. The van der Waals surface area contributed by atoms with Crippen LogP contribution >= 0.6 is 0 Å². The normalized spacial score (nSPS) is 23.7. The second-order valence-electron chi connectivity index (χ2n) is 12.1. The summed E-state index contributed by atoms with van der Waals surface area (Å²) in [5.41, 5.74) is 3.35. The number of aliphatic hydroxyl groups excluding tert-OH is 2. The quantitative estimate of drug-likeness (QED) is 0.177. The highest BCUT2D eigenvalue weighted by Gasteiger charge is 2.64. The van der Waals surface area contributed by atoms with E-state index < -0.39 is 69.8 Å². The lowest BCUT2D eigenvalue weighted by Crippen LogP contribution is -2.65. The Labute approximate surface area is 264 Å². The maximum absolute atomic E-state index is 14.1. The predicted octanol–water partition coefficient (Wildman–Crippen LogP) is 1.22. The highest BCUT2D eigenvalue weighted by molar-refractivity contribution is 6.24. The molecule has 0 heterocycles. The number of anilines is 2. The predicted molar refractivity (Wildman–Crippen MR) is 166 cm³/mol. The highest BCUT2D eigenvalue weighted by atomic mass is 16.3. The van der Waals surface area contributed by atoms with E-state index in [2.05, 4.69) is 10.6 Å². The molecule has 1 saturated carbocycles. The number of aliphatic hydroxyl groups is 3. The van der Waals surface area contributed by atoms with E-state index in [1.807, 2.05) is 6.07 Å². The Kier molecular flexibility index (Phi) is 8.01. The highest BCUT2D eigenvalue weighted by Crippen LogP contribution is 2.54. The average Bonchev–Trinajstić information content (AvgIpc) is 2.99. The first-order chi connectivity index (χ1) is 21.6. The van der Waals surface area contributed by atoms with Gasteiger partial charge in [0.2, 0.25) is 5.78 Å². The number of primary amides is 1. The number of nitriles is 1. The van der Waals surface area contributed by atoms with Gasteiger partial charge >= 0.3 is 6.03 Å². The first-order valence-corrected chi connectivity index (χ1v) is 14.4. The number of carbonyl (C=O) groups is 4. The number of aromatic hydroxyl groups is 1. The summed E-state index contributed by atoms with van der Waals surface area (Å²) in [4.78, 5) is 55.6. The van der Waals surface area contributed by atoms with Crippen LogP contribution in [0.1, 0.15) is 28.7 Å². The molecule has 0 bridgehead atoms. The zero-order valence-electron chi connectivity index (χ0n) is 25.6. The molecule has 5 rings (SSSR count). The topological polar surface area (TPSA) is 230 Å². The molecular formula is C32H34N6O8. The Bertz CT molecular complexity index is 1790. The summed E-state index contributed by atoms with van der Waals surface area (Å²) in [6.45, 7) is 0.107. The van der Waals surface area contributed by atoms with Gasteiger partial charge in [0.1, 0.15) is 17.1 Å². The standard InChI is InChI=1S/C32H34N6O8/c1-37(2)20-11-19(36-31(45)35-13-15-7-5-14(12-33)6-8-15)25(39)22-17(20)9-16-10-18-24(38(3)4)27(41)23(30(34)44)29(43)32(18,46)28(42)21(16)26(22)40/h5-8,11,16,18,24,39-40,43,46H,9-10,13H2,1-4H3,(H2,34,44)(H2,35,36,45)/t16-,18-,24-,32-/m0/s1. The van der Waals surface area contributed by atoms with Gasteiger partial charge in [-0.3, -0.25) is 19.3 Å². The minimum Gasteiger partial charge on any atom is -0.508 e. The molecule has 0 aromatic heterocycles. The second kappa shape index (κ2) is 11.5. The third-order valence-electron chi connectivity index (χ3n) is 8.96. The van der Waals surface area contributed by atoms with E-state index in [1.54, 1.807) is 43.3 Å². The van der Waals surface area contributed by atoms with Crippen LogP contribution in [0.4, 0.5) is 16.2 Å². The molecule has 14 nitrogen and oxygen atoms in total. The fourth-order valence-electron chi connectivity index (χ4n) is 6.83. The number of urea groups is 1. The van der Waals surface area contributed by atoms with Gasteiger partial charge in [-0.1, -0.05) is 12.1 Å². The summed E-state index contributed by atoms with van der Waals surface area (Å²) in [6.07, 6.45) is 0.0535. The molecule has 4 atom stereocenters. The van der Waals surface area contributed by atoms with Gasteiger partial charge in [0.25, 0.3) is 5.91 Å². The van der Waals surface area contributed by atoms with Crippen molar-refractivity contribution >= 4 is 40.6 Å². The maximum atomic E-state index is 14.1.